The molecule has 5 heteroatoms. The molecule has 0 aromatic heterocycles. The summed E-state index contributed by atoms with van der Waals surface area (Å²) in [6, 6.07) is 14.7. The van der Waals surface area contributed by atoms with Crippen LogP contribution in [0.15, 0.2) is 48.5 Å². The fraction of sp³-hybridized carbons (Fsp3) is 0.417. The highest BCUT2D eigenvalue weighted by Gasteiger charge is 2.24. The van der Waals surface area contributed by atoms with Crippen molar-refractivity contribution >= 4 is 11.8 Å². The van der Waals surface area contributed by atoms with Crippen LogP contribution in [-0.2, 0) is 11.2 Å². The Hall–Kier alpha value is -2.82. The van der Waals surface area contributed by atoms with Gasteiger partial charge in [-0.15, -0.1) is 0 Å². The predicted molar refractivity (Wildman–Crippen MR) is 116 cm³/mol. The monoisotopic (exact) mass is 396 g/mol. The van der Waals surface area contributed by atoms with Gasteiger partial charge in [-0.3, -0.25) is 9.59 Å². The Bertz CT molecular complexity index is 796. The van der Waals surface area contributed by atoms with Crippen LogP contribution in [0.2, 0.25) is 0 Å². The molecule has 0 spiro atoms. The maximum absolute atomic E-state index is 12.6. The summed E-state index contributed by atoms with van der Waals surface area (Å²) < 4.78 is 5.11. The molecular formula is C24H32N2O3. The summed E-state index contributed by atoms with van der Waals surface area (Å²) in [6.07, 6.45) is 0.751. The van der Waals surface area contributed by atoms with E-state index in [0.29, 0.717) is 23.8 Å². The lowest BCUT2D eigenvalue weighted by Gasteiger charge is -2.22. The van der Waals surface area contributed by atoms with Gasteiger partial charge >= 0.3 is 0 Å². The summed E-state index contributed by atoms with van der Waals surface area (Å²) in [7, 11) is 1.58. The highest BCUT2D eigenvalue weighted by atomic mass is 16.5. The molecule has 2 aromatic carbocycles. The second-order valence-corrected chi connectivity index (χ2v) is 7.86. The normalized spacial score (nSPS) is 12.0. The number of amides is 2. The second-order valence-electron chi connectivity index (χ2n) is 7.86. The van der Waals surface area contributed by atoms with Crippen LogP contribution in [0.25, 0.3) is 0 Å². The van der Waals surface area contributed by atoms with E-state index >= 15 is 0 Å². The van der Waals surface area contributed by atoms with Gasteiger partial charge in [0.05, 0.1) is 7.11 Å². The van der Waals surface area contributed by atoms with Crippen LogP contribution < -0.4 is 15.4 Å². The Morgan fingerprint density at radius 2 is 1.55 bits per heavy atom. The van der Waals surface area contributed by atoms with E-state index in [9.17, 15) is 9.59 Å². The van der Waals surface area contributed by atoms with Crippen molar-refractivity contribution in [2.45, 2.75) is 46.1 Å². The van der Waals surface area contributed by atoms with Gasteiger partial charge in [-0.1, -0.05) is 52.0 Å². The standard InChI is InChI=1S/C24H32N2O3/c1-16(2)19-8-6-18(7-9-19)14-15-25-24(28)22(17(3)4)26-23(27)20-10-12-21(29-5)13-11-20/h6-13,16-17,22H,14-15H2,1-5H3,(H,25,28)(H,26,27)/t22-/m0/s1. The molecule has 0 saturated heterocycles. The Morgan fingerprint density at radius 3 is 2.07 bits per heavy atom. The molecule has 0 saturated carbocycles. The molecule has 0 aliphatic carbocycles. The number of nitrogens with one attached hydrogen (secondary N) is 2. The van der Waals surface area contributed by atoms with Gasteiger partial charge in [-0.05, 0) is 53.6 Å². The van der Waals surface area contributed by atoms with Crippen molar-refractivity contribution in [3.05, 3.63) is 65.2 Å². The molecule has 156 valence electrons. The first-order valence-electron chi connectivity index (χ1n) is 10.1. The number of hydrogen-bond donors (Lipinski definition) is 2. The zero-order valence-corrected chi connectivity index (χ0v) is 18.0. The first kappa shape index (κ1) is 22.5. The summed E-state index contributed by atoms with van der Waals surface area (Å²) in [5, 5.41) is 5.80. The lowest BCUT2D eigenvalue weighted by Crippen LogP contribution is -2.50. The van der Waals surface area contributed by atoms with Crippen LogP contribution >= 0.6 is 0 Å². The van der Waals surface area contributed by atoms with Crippen molar-refractivity contribution in [3.8, 4) is 5.75 Å². The molecule has 5 nitrogen and oxygen atoms in total. The minimum absolute atomic E-state index is 0.0254. The summed E-state index contributed by atoms with van der Waals surface area (Å²) in [6.45, 7) is 8.71. The van der Waals surface area contributed by atoms with E-state index < -0.39 is 6.04 Å². The lowest BCUT2D eigenvalue weighted by molar-refractivity contribution is -0.123. The SMILES string of the molecule is COc1ccc(C(=O)N[C@H](C(=O)NCCc2ccc(C(C)C)cc2)C(C)C)cc1. The Kier molecular flexibility index (Phi) is 8.25. The van der Waals surface area contributed by atoms with Crippen molar-refractivity contribution in [2.24, 2.45) is 5.92 Å². The van der Waals surface area contributed by atoms with E-state index in [1.807, 2.05) is 13.8 Å². The highest BCUT2D eigenvalue weighted by Crippen LogP contribution is 2.15. The van der Waals surface area contributed by atoms with Gasteiger partial charge < -0.3 is 15.4 Å². The highest BCUT2D eigenvalue weighted by molar-refractivity contribution is 5.97. The first-order chi connectivity index (χ1) is 13.8. The van der Waals surface area contributed by atoms with Gasteiger partial charge in [-0.2, -0.15) is 0 Å². The summed E-state index contributed by atoms with van der Waals surface area (Å²) in [5.41, 5.74) is 2.98. The van der Waals surface area contributed by atoms with E-state index in [1.54, 1.807) is 31.4 Å². The number of benzene rings is 2. The van der Waals surface area contributed by atoms with Crippen molar-refractivity contribution in [1.29, 1.82) is 0 Å². The summed E-state index contributed by atoms with van der Waals surface area (Å²) >= 11 is 0. The zero-order chi connectivity index (χ0) is 21.4. The summed E-state index contributed by atoms with van der Waals surface area (Å²) in [5.74, 6) is 0.722. The summed E-state index contributed by atoms with van der Waals surface area (Å²) in [4.78, 5) is 25.2. The molecule has 2 amide bonds. The van der Waals surface area contributed by atoms with Gasteiger partial charge in [0.25, 0.3) is 5.91 Å². The number of ether oxygens (including phenoxy) is 1. The minimum Gasteiger partial charge on any atom is -0.497 e. The van der Waals surface area contributed by atoms with Crippen LogP contribution in [0.4, 0.5) is 0 Å². The largest absolute Gasteiger partial charge is 0.497 e. The van der Waals surface area contributed by atoms with Crippen LogP contribution in [0, 0.1) is 5.92 Å². The van der Waals surface area contributed by atoms with E-state index in [0.717, 1.165) is 6.42 Å². The fourth-order valence-corrected chi connectivity index (χ4v) is 3.01. The van der Waals surface area contributed by atoms with Crippen LogP contribution in [0.3, 0.4) is 0 Å². The number of carbonyl (C=O) groups is 2. The topological polar surface area (TPSA) is 67.4 Å². The third-order valence-electron chi connectivity index (χ3n) is 4.95. The number of hydrogen-bond acceptors (Lipinski definition) is 3. The maximum atomic E-state index is 12.6. The molecule has 0 heterocycles. The minimum atomic E-state index is -0.590. The van der Waals surface area contributed by atoms with E-state index in [4.69, 9.17) is 4.74 Å². The smallest absolute Gasteiger partial charge is 0.251 e. The molecule has 2 rings (SSSR count). The molecule has 1 atom stereocenters. The van der Waals surface area contributed by atoms with Gasteiger partial charge in [0.2, 0.25) is 5.91 Å². The van der Waals surface area contributed by atoms with Crippen molar-refractivity contribution in [2.75, 3.05) is 13.7 Å². The molecule has 0 fully saturated rings. The number of rotatable bonds is 9. The Morgan fingerprint density at radius 1 is 0.931 bits per heavy atom. The average molecular weight is 397 g/mol. The molecule has 29 heavy (non-hydrogen) atoms. The van der Waals surface area contributed by atoms with Gasteiger partial charge in [0.1, 0.15) is 11.8 Å². The maximum Gasteiger partial charge on any atom is 0.251 e. The quantitative estimate of drug-likeness (QED) is 0.675. The third kappa shape index (κ3) is 6.63. The number of carbonyl (C=O) groups excluding carboxylic acids is 2. The van der Waals surface area contributed by atoms with E-state index in [-0.39, 0.29) is 17.7 Å². The molecule has 0 bridgehead atoms. The van der Waals surface area contributed by atoms with Crippen LogP contribution in [0.1, 0.15) is 55.1 Å². The van der Waals surface area contributed by atoms with Crippen molar-refractivity contribution in [1.82, 2.24) is 10.6 Å². The van der Waals surface area contributed by atoms with Crippen molar-refractivity contribution in [3.63, 3.8) is 0 Å². The van der Waals surface area contributed by atoms with E-state index in [1.165, 1.54) is 11.1 Å². The molecule has 2 aromatic rings. The molecular weight excluding hydrogens is 364 g/mol. The molecule has 2 N–H and O–H groups in total. The molecule has 0 radical (unpaired) electrons. The van der Waals surface area contributed by atoms with Gasteiger partial charge in [0, 0.05) is 12.1 Å². The fourth-order valence-electron chi connectivity index (χ4n) is 3.01. The average Bonchev–Trinajstić information content (AvgIpc) is 2.71. The van der Waals surface area contributed by atoms with E-state index in [2.05, 4.69) is 48.7 Å². The second kappa shape index (κ2) is 10.6. The Labute approximate surface area is 173 Å². The lowest BCUT2D eigenvalue weighted by atomic mass is 10.0. The molecule has 0 aliphatic heterocycles. The van der Waals surface area contributed by atoms with Gasteiger partial charge in [0.15, 0.2) is 0 Å². The molecule has 0 unspecified atom stereocenters. The third-order valence-corrected chi connectivity index (χ3v) is 4.95. The van der Waals surface area contributed by atoms with Gasteiger partial charge in [-0.25, -0.2) is 0 Å². The van der Waals surface area contributed by atoms with Crippen LogP contribution in [-0.4, -0.2) is 31.5 Å². The zero-order valence-electron chi connectivity index (χ0n) is 18.0. The first-order valence-corrected chi connectivity index (χ1v) is 10.1. The van der Waals surface area contributed by atoms with Crippen LogP contribution in [0.5, 0.6) is 5.75 Å². The molecule has 0 aliphatic rings. The predicted octanol–water partition coefficient (Wildman–Crippen LogP) is 3.93. The van der Waals surface area contributed by atoms with Crippen molar-refractivity contribution < 1.29 is 14.3 Å². The number of methoxy groups -OCH3 is 1. The Balaban J connectivity index is 1.90.